The van der Waals surface area contributed by atoms with Gasteiger partial charge in [0.05, 0.1) is 10.3 Å². The van der Waals surface area contributed by atoms with Gasteiger partial charge in [0.2, 0.25) is 11.8 Å². The molecule has 1 atom stereocenters. The van der Waals surface area contributed by atoms with E-state index in [0.29, 0.717) is 5.39 Å². The Morgan fingerprint density at radius 3 is 2.70 bits per heavy atom. The Morgan fingerprint density at radius 1 is 1.20 bits per heavy atom. The molecular formula is C20H10N4O6. The second-order valence-corrected chi connectivity index (χ2v) is 6.73. The third-order valence-electron chi connectivity index (χ3n) is 5.29. The molecule has 0 fully saturated rings. The molecule has 2 aliphatic rings. The molecule has 146 valence electrons. The fourth-order valence-corrected chi connectivity index (χ4v) is 4.06. The normalized spacial score (nSPS) is 19.1. The van der Waals surface area contributed by atoms with Crippen molar-refractivity contribution in [3.05, 3.63) is 85.6 Å². The SMILES string of the molecule is N#CC1=C(N)Oc2c(c(=O)oc3ccccc23)[C@]12C(=O)Nc1ccc([N+](=O)[O-])cc12. The Labute approximate surface area is 166 Å². The van der Waals surface area contributed by atoms with Crippen LogP contribution < -0.4 is 21.4 Å². The number of nitro benzene ring substituents is 1. The third kappa shape index (κ3) is 1.95. The number of amides is 1. The van der Waals surface area contributed by atoms with Crippen LogP contribution in [0.4, 0.5) is 11.4 Å². The van der Waals surface area contributed by atoms with Gasteiger partial charge < -0.3 is 20.2 Å². The maximum atomic E-state index is 13.3. The van der Waals surface area contributed by atoms with E-state index in [2.05, 4.69) is 5.32 Å². The van der Waals surface area contributed by atoms with Gasteiger partial charge in [-0.2, -0.15) is 5.26 Å². The van der Waals surface area contributed by atoms with E-state index in [0.717, 1.165) is 6.07 Å². The van der Waals surface area contributed by atoms with E-state index in [1.165, 1.54) is 12.1 Å². The van der Waals surface area contributed by atoms with Gasteiger partial charge in [-0.15, -0.1) is 0 Å². The number of anilines is 1. The lowest BCUT2D eigenvalue weighted by Gasteiger charge is -2.32. The number of nitro groups is 1. The van der Waals surface area contributed by atoms with Gasteiger partial charge in [-0.25, -0.2) is 4.79 Å². The zero-order chi connectivity index (χ0) is 21.2. The molecule has 5 rings (SSSR count). The van der Waals surface area contributed by atoms with Crippen molar-refractivity contribution >= 4 is 28.3 Å². The topological polar surface area (TPSA) is 161 Å². The summed E-state index contributed by atoms with van der Waals surface area (Å²) in [5.74, 6) is -1.17. The van der Waals surface area contributed by atoms with Gasteiger partial charge in [0.25, 0.3) is 5.69 Å². The number of para-hydroxylation sites is 1. The van der Waals surface area contributed by atoms with Gasteiger partial charge in [0.15, 0.2) is 11.2 Å². The van der Waals surface area contributed by atoms with E-state index in [9.17, 15) is 25.0 Å². The first-order valence-corrected chi connectivity index (χ1v) is 8.64. The predicted molar refractivity (Wildman–Crippen MR) is 102 cm³/mol. The Morgan fingerprint density at radius 2 is 1.97 bits per heavy atom. The molecule has 3 heterocycles. The summed E-state index contributed by atoms with van der Waals surface area (Å²) in [6, 6.07) is 12.0. The number of nitrogens with one attached hydrogen (secondary N) is 1. The molecule has 0 saturated carbocycles. The molecule has 0 bridgehead atoms. The molecule has 1 aromatic heterocycles. The van der Waals surface area contributed by atoms with Crippen LogP contribution in [0.25, 0.3) is 11.0 Å². The number of rotatable bonds is 1. The molecule has 0 aliphatic carbocycles. The average molecular weight is 402 g/mol. The lowest BCUT2D eigenvalue weighted by Crippen LogP contribution is -2.45. The summed E-state index contributed by atoms with van der Waals surface area (Å²) in [7, 11) is 0. The Hall–Kier alpha value is -4.65. The van der Waals surface area contributed by atoms with Crippen molar-refractivity contribution in [2.45, 2.75) is 5.41 Å². The third-order valence-corrected chi connectivity index (χ3v) is 5.29. The van der Waals surface area contributed by atoms with Crippen LogP contribution in [0.2, 0.25) is 0 Å². The van der Waals surface area contributed by atoms with Gasteiger partial charge >= 0.3 is 5.63 Å². The standard InChI is InChI=1S/C20H10N4O6/c21-8-12-17(22)30-16-10-3-1-2-4-14(10)29-18(25)15(16)20(12)11-7-9(24(27)28)5-6-13(11)23-19(20)26/h1-7H,22H2,(H,23,26)/t20-/m1/s1. The maximum Gasteiger partial charge on any atom is 0.345 e. The van der Waals surface area contributed by atoms with Crippen LogP contribution in [0.3, 0.4) is 0 Å². The summed E-state index contributed by atoms with van der Waals surface area (Å²) in [5, 5.41) is 24.1. The minimum Gasteiger partial charge on any atom is -0.439 e. The number of nitrogens with two attached hydrogens (primary N) is 1. The van der Waals surface area contributed by atoms with E-state index in [1.54, 1.807) is 24.3 Å². The largest absolute Gasteiger partial charge is 0.439 e. The van der Waals surface area contributed by atoms with Gasteiger partial charge in [-0.05, 0) is 18.2 Å². The number of benzene rings is 2. The molecule has 1 spiro atoms. The molecule has 3 N–H and O–H groups in total. The zero-order valence-electron chi connectivity index (χ0n) is 15.0. The average Bonchev–Trinajstić information content (AvgIpc) is 2.99. The maximum absolute atomic E-state index is 13.3. The van der Waals surface area contributed by atoms with Crippen LogP contribution in [0.1, 0.15) is 11.1 Å². The van der Waals surface area contributed by atoms with Crippen LogP contribution in [-0.4, -0.2) is 10.8 Å². The summed E-state index contributed by atoms with van der Waals surface area (Å²) in [4.78, 5) is 37.1. The second kappa shape index (κ2) is 5.68. The zero-order valence-corrected chi connectivity index (χ0v) is 15.0. The van der Waals surface area contributed by atoms with Crippen LogP contribution in [0, 0.1) is 21.4 Å². The summed E-state index contributed by atoms with van der Waals surface area (Å²) < 4.78 is 11.0. The lowest BCUT2D eigenvalue weighted by molar-refractivity contribution is -0.384. The van der Waals surface area contributed by atoms with Crippen molar-refractivity contribution < 1.29 is 18.9 Å². The first-order chi connectivity index (χ1) is 14.4. The van der Waals surface area contributed by atoms with Gasteiger partial charge in [-0.3, -0.25) is 14.9 Å². The number of hydrogen-bond acceptors (Lipinski definition) is 8. The van der Waals surface area contributed by atoms with E-state index >= 15 is 0 Å². The summed E-state index contributed by atoms with van der Waals surface area (Å²) in [5.41, 5.74) is 2.57. The fraction of sp³-hybridized carbons (Fsp3) is 0.0500. The van der Waals surface area contributed by atoms with Crippen molar-refractivity contribution in [1.82, 2.24) is 0 Å². The Kier molecular flexibility index (Phi) is 3.30. The number of hydrogen-bond donors (Lipinski definition) is 2. The number of carbonyl (C=O) groups is 1. The molecule has 10 heteroatoms. The fourth-order valence-electron chi connectivity index (χ4n) is 4.06. The Balaban J connectivity index is 2.00. The summed E-state index contributed by atoms with van der Waals surface area (Å²) in [6.07, 6.45) is 0. The number of ether oxygens (including phenoxy) is 1. The monoisotopic (exact) mass is 402 g/mol. The number of nitriles is 1. The highest BCUT2D eigenvalue weighted by molar-refractivity contribution is 6.13. The predicted octanol–water partition coefficient (Wildman–Crippen LogP) is 2.03. The van der Waals surface area contributed by atoms with E-state index in [-0.39, 0.29) is 45.3 Å². The lowest BCUT2D eigenvalue weighted by atomic mass is 9.69. The van der Waals surface area contributed by atoms with E-state index < -0.39 is 21.9 Å². The van der Waals surface area contributed by atoms with Crippen molar-refractivity contribution in [1.29, 1.82) is 5.26 Å². The molecule has 2 aliphatic heterocycles. The molecular weight excluding hydrogens is 392 g/mol. The minimum absolute atomic E-state index is 0.0344. The Bertz CT molecular complexity index is 1450. The molecule has 0 saturated heterocycles. The molecule has 10 nitrogen and oxygen atoms in total. The first kappa shape index (κ1) is 17.4. The first-order valence-electron chi connectivity index (χ1n) is 8.64. The van der Waals surface area contributed by atoms with Crippen molar-refractivity contribution in [2.75, 3.05) is 5.32 Å². The number of carbonyl (C=O) groups excluding carboxylic acids is 1. The van der Waals surface area contributed by atoms with Crippen molar-refractivity contribution in [2.24, 2.45) is 5.73 Å². The molecule has 3 aromatic rings. The summed E-state index contributed by atoms with van der Waals surface area (Å²) in [6.45, 7) is 0. The van der Waals surface area contributed by atoms with Gasteiger partial charge in [0.1, 0.15) is 22.8 Å². The van der Waals surface area contributed by atoms with Gasteiger partial charge in [0, 0.05) is 23.4 Å². The highest BCUT2D eigenvalue weighted by Gasteiger charge is 2.59. The van der Waals surface area contributed by atoms with Crippen LogP contribution >= 0.6 is 0 Å². The molecule has 0 unspecified atom stereocenters. The number of nitrogens with zero attached hydrogens (tertiary/aromatic N) is 2. The van der Waals surface area contributed by atoms with Crippen LogP contribution in [0.15, 0.2) is 63.1 Å². The molecule has 2 aromatic carbocycles. The quantitative estimate of drug-likeness (QED) is 0.355. The van der Waals surface area contributed by atoms with E-state index in [1.807, 2.05) is 6.07 Å². The second-order valence-electron chi connectivity index (χ2n) is 6.73. The number of non-ortho nitro benzene ring substituents is 1. The van der Waals surface area contributed by atoms with Crippen LogP contribution in [-0.2, 0) is 10.2 Å². The summed E-state index contributed by atoms with van der Waals surface area (Å²) >= 11 is 0. The highest BCUT2D eigenvalue weighted by Crippen LogP contribution is 2.53. The van der Waals surface area contributed by atoms with Crippen LogP contribution in [0.5, 0.6) is 5.75 Å². The molecule has 0 radical (unpaired) electrons. The highest BCUT2D eigenvalue weighted by atomic mass is 16.6. The minimum atomic E-state index is -2.04. The van der Waals surface area contributed by atoms with E-state index in [4.69, 9.17) is 14.9 Å². The van der Waals surface area contributed by atoms with Gasteiger partial charge in [-0.1, -0.05) is 12.1 Å². The smallest absolute Gasteiger partial charge is 0.345 e. The molecule has 30 heavy (non-hydrogen) atoms. The number of fused-ring (bicyclic) bond motifs is 6. The molecule has 1 amide bonds. The van der Waals surface area contributed by atoms with Crippen molar-refractivity contribution in [3.8, 4) is 11.8 Å². The van der Waals surface area contributed by atoms with Crippen molar-refractivity contribution in [3.63, 3.8) is 0 Å².